The third-order valence-electron chi connectivity index (χ3n) is 3.23. The lowest BCUT2D eigenvalue weighted by Gasteiger charge is -2.32. The molecule has 0 aromatic heterocycles. The molecule has 1 fully saturated rings. The smallest absolute Gasteiger partial charge is 0.321 e. The van der Waals surface area contributed by atoms with E-state index in [1.165, 1.54) is 0 Å². The molecule has 2 amide bonds. The Morgan fingerprint density at radius 1 is 1.21 bits per heavy atom. The highest BCUT2D eigenvalue weighted by Crippen LogP contribution is 2.10. The average Bonchev–Trinajstić information content (AvgIpc) is 2.40. The van der Waals surface area contributed by atoms with Crippen molar-refractivity contribution in [2.24, 2.45) is 5.73 Å². The van der Waals surface area contributed by atoms with Gasteiger partial charge in [0.1, 0.15) is 0 Å². The van der Waals surface area contributed by atoms with Crippen LogP contribution in [-0.4, -0.2) is 49.1 Å². The normalized spacial score (nSPS) is 15.8. The van der Waals surface area contributed by atoms with Gasteiger partial charge in [0.05, 0.1) is 0 Å². The molecule has 1 aromatic carbocycles. The van der Waals surface area contributed by atoms with Crippen LogP contribution in [0.1, 0.15) is 5.56 Å². The second kappa shape index (κ2) is 7.33. The number of urea groups is 1. The topological polar surface area (TPSA) is 61.6 Å². The summed E-state index contributed by atoms with van der Waals surface area (Å²) in [7, 11) is 2.07. The van der Waals surface area contributed by atoms with Gasteiger partial charge in [0.15, 0.2) is 0 Å². The van der Waals surface area contributed by atoms with Crippen LogP contribution in [0, 0.1) is 0 Å². The molecule has 1 saturated heterocycles. The number of rotatable bonds is 2. The number of carbonyl (C=O) groups is 1. The Hall–Kier alpha value is -1.30. The van der Waals surface area contributed by atoms with E-state index < -0.39 is 0 Å². The van der Waals surface area contributed by atoms with E-state index in [-0.39, 0.29) is 18.4 Å². The van der Waals surface area contributed by atoms with Crippen molar-refractivity contribution in [1.29, 1.82) is 0 Å². The van der Waals surface area contributed by atoms with E-state index in [9.17, 15) is 4.79 Å². The molecule has 0 spiro atoms. The van der Waals surface area contributed by atoms with Gasteiger partial charge in [0, 0.05) is 38.4 Å². The number of likely N-dealkylation sites (N-methyl/N-ethyl adjacent to an activating group) is 1. The molecule has 0 atom stereocenters. The van der Waals surface area contributed by atoms with E-state index in [1.807, 2.05) is 29.2 Å². The van der Waals surface area contributed by atoms with Gasteiger partial charge in [0.2, 0.25) is 0 Å². The first-order valence-corrected chi connectivity index (χ1v) is 6.22. The van der Waals surface area contributed by atoms with E-state index in [1.54, 1.807) is 0 Å². The quantitative estimate of drug-likeness (QED) is 0.862. The Labute approximate surface area is 120 Å². The molecule has 6 heteroatoms. The molecule has 1 aliphatic heterocycles. The van der Waals surface area contributed by atoms with Crippen molar-refractivity contribution in [3.05, 3.63) is 29.8 Å². The number of carbonyl (C=O) groups excluding carboxylic acids is 1. The van der Waals surface area contributed by atoms with Crippen molar-refractivity contribution < 1.29 is 4.79 Å². The molecule has 5 nitrogen and oxygen atoms in total. The Morgan fingerprint density at radius 2 is 1.79 bits per heavy atom. The number of amides is 2. The first kappa shape index (κ1) is 15.8. The fourth-order valence-corrected chi connectivity index (χ4v) is 1.94. The van der Waals surface area contributed by atoms with Crippen molar-refractivity contribution in [3.63, 3.8) is 0 Å². The molecule has 1 aliphatic rings. The van der Waals surface area contributed by atoms with E-state index in [0.717, 1.165) is 37.4 Å². The van der Waals surface area contributed by atoms with E-state index in [0.29, 0.717) is 6.54 Å². The van der Waals surface area contributed by atoms with Gasteiger partial charge in [-0.2, -0.15) is 0 Å². The lowest BCUT2D eigenvalue weighted by atomic mass is 10.2. The number of halogens is 1. The summed E-state index contributed by atoms with van der Waals surface area (Å²) in [5.41, 5.74) is 7.41. The Morgan fingerprint density at radius 3 is 2.32 bits per heavy atom. The van der Waals surface area contributed by atoms with Gasteiger partial charge in [-0.25, -0.2) is 4.79 Å². The van der Waals surface area contributed by atoms with Crippen LogP contribution < -0.4 is 11.1 Å². The minimum absolute atomic E-state index is 0. The van der Waals surface area contributed by atoms with Gasteiger partial charge in [-0.1, -0.05) is 12.1 Å². The monoisotopic (exact) mass is 284 g/mol. The number of anilines is 1. The van der Waals surface area contributed by atoms with E-state index in [4.69, 9.17) is 5.73 Å². The van der Waals surface area contributed by atoms with E-state index in [2.05, 4.69) is 17.3 Å². The van der Waals surface area contributed by atoms with Crippen LogP contribution in [-0.2, 0) is 6.54 Å². The molecule has 0 aliphatic carbocycles. The number of piperazine rings is 1. The molecule has 3 N–H and O–H groups in total. The van der Waals surface area contributed by atoms with Crippen LogP contribution >= 0.6 is 12.4 Å². The van der Waals surface area contributed by atoms with Crippen LogP contribution in [0.5, 0.6) is 0 Å². The Kier molecular flexibility index (Phi) is 6.08. The minimum atomic E-state index is -0.0244. The van der Waals surface area contributed by atoms with Crippen LogP contribution in [0.25, 0.3) is 0 Å². The van der Waals surface area contributed by atoms with Crippen molar-refractivity contribution in [2.45, 2.75) is 6.54 Å². The van der Waals surface area contributed by atoms with Gasteiger partial charge in [-0.15, -0.1) is 12.4 Å². The molecule has 0 radical (unpaired) electrons. The summed E-state index contributed by atoms with van der Waals surface area (Å²) in [4.78, 5) is 16.1. The summed E-state index contributed by atoms with van der Waals surface area (Å²) in [6.45, 7) is 3.94. The van der Waals surface area contributed by atoms with Crippen LogP contribution in [0.15, 0.2) is 24.3 Å². The molecule has 19 heavy (non-hydrogen) atoms. The molecule has 1 aromatic rings. The van der Waals surface area contributed by atoms with Crippen molar-refractivity contribution in [1.82, 2.24) is 9.80 Å². The third kappa shape index (κ3) is 4.38. The summed E-state index contributed by atoms with van der Waals surface area (Å²) in [6.07, 6.45) is 0. The summed E-state index contributed by atoms with van der Waals surface area (Å²) in [6, 6.07) is 7.61. The zero-order chi connectivity index (χ0) is 13.0. The minimum Gasteiger partial charge on any atom is -0.326 e. The summed E-state index contributed by atoms with van der Waals surface area (Å²) in [5, 5.41) is 2.91. The van der Waals surface area contributed by atoms with Crippen LogP contribution in [0.2, 0.25) is 0 Å². The molecule has 2 rings (SSSR count). The third-order valence-corrected chi connectivity index (χ3v) is 3.23. The maximum Gasteiger partial charge on any atom is 0.321 e. The van der Waals surface area contributed by atoms with Gasteiger partial charge >= 0.3 is 6.03 Å². The summed E-state index contributed by atoms with van der Waals surface area (Å²) in [5.74, 6) is 0. The number of hydrogen-bond donors (Lipinski definition) is 2. The van der Waals surface area contributed by atoms with Gasteiger partial charge in [-0.05, 0) is 24.7 Å². The molecular formula is C13H21ClN4O. The molecule has 0 bridgehead atoms. The SMILES string of the molecule is CN1CCN(C(=O)Nc2ccc(CN)cc2)CC1.Cl. The standard InChI is InChI=1S/C13H20N4O.ClH/c1-16-6-8-17(9-7-16)13(18)15-12-4-2-11(10-14)3-5-12;/h2-5H,6-10,14H2,1H3,(H,15,18);1H. The molecular weight excluding hydrogens is 264 g/mol. The summed E-state index contributed by atoms with van der Waals surface area (Å²) < 4.78 is 0. The zero-order valence-electron chi connectivity index (χ0n) is 11.1. The Bertz CT molecular complexity index is 402. The predicted molar refractivity (Wildman–Crippen MR) is 79.7 cm³/mol. The molecule has 0 saturated carbocycles. The maximum atomic E-state index is 12.0. The second-order valence-corrected chi connectivity index (χ2v) is 4.62. The highest BCUT2D eigenvalue weighted by atomic mass is 35.5. The maximum absolute atomic E-state index is 12.0. The van der Waals surface area contributed by atoms with Crippen molar-refractivity contribution in [2.75, 3.05) is 38.5 Å². The fourth-order valence-electron chi connectivity index (χ4n) is 1.94. The van der Waals surface area contributed by atoms with Crippen LogP contribution in [0.4, 0.5) is 10.5 Å². The highest BCUT2D eigenvalue weighted by molar-refractivity contribution is 5.89. The summed E-state index contributed by atoms with van der Waals surface area (Å²) >= 11 is 0. The van der Waals surface area contributed by atoms with E-state index >= 15 is 0 Å². The van der Waals surface area contributed by atoms with Gasteiger partial charge in [0.25, 0.3) is 0 Å². The lowest BCUT2D eigenvalue weighted by Crippen LogP contribution is -2.48. The molecule has 106 valence electrons. The van der Waals surface area contributed by atoms with Crippen molar-refractivity contribution >= 4 is 24.1 Å². The first-order chi connectivity index (χ1) is 8.69. The van der Waals surface area contributed by atoms with Gasteiger partial charge < -0.3 is 20.9 Å². The van der Waals surface area contributed by atoms with Crippen LogP contribution in [0.3, 0.4) is 0 Å². The number of nitrogens with two attached hydrogens (primary N) is 1. The largest absolute Gasteiger partial charge is 0.326 e. The van der Waals surface area contributed by atoms with Crippen molar-refractivity contribution in [3.8, 4) is 0 Å². The highest BCUT2D eigenvalue weighted by Gasteiger charge is 2.18. The number of benzene rings is 1. The van der Waals surface area contributed by atoms with Gasteiger partial charge in [-0.3, -0.25) is 0 Å². The fraction of sp³-hybridized carbons (Fsp3) is 0.462. The molecule has 0 unspecified atom stereocenters. The average molecular weight is 285 g/mol. The second-order valence-electron chi connectivity index (χ2n) is 4.62. The zero-order valence-corrected chi connectivity index (χ0v) is 11.9. The first-order valence-electron chi connectivity index (χ1n) is 6.22. The Balaban J connectivity index is 0.00000180. The number of hydrogen-bond acceptors (Lipinski definition) is 3. The lowest BCUT2D eigenvalue weighted by molar-refractivity contribution is 0.164. The number of nitrogens with zero attached hydrogens (tertiary/aromatic N) is 2. The predicted octanol–water partition coefficient (Wildman–Crippen LogP) is 1.35. The molecule has 1 heterocycles. The number of nitrogens with one attached hydrogen (secondary N) is 1.